The van der Waals surface area contributed by atoms with Crippen LogP contribution in [0.25, 0.3) is 11.1 Å². The van der Waals surface area contributed by atoms with Crippen molar-refractivity contribution in [2.24, 2.45) is 0 Å². The summed E-state index contributed by atoms with van der Waals surface area (Å²) < 4.78 is 0. The summed E-state index contributed by atoms with van der Waals surface area (Å²) >= 11 is 0. The van der Waals surface area contributed by atoms with Gasteiger partial charge in [-0.25, -0.2) is 9.97 Å². The van der Waals surface area contributed by atoms with Crippen molar-refractivity contribution < 1.29 is 0 Å². The van der Waals surface area contributed by atoms with Crippen LogP contribution in [0.2, 0.25) is 0 Å². The standard InChI is InChI=1S/C13H15N3/c1-3-10-4-6-11(7-5-10)12-8-15-9(2)16-13(12)14/h4-8H,3H2,1-2H3,(H2,14,15,16). The van der Waals surface area contributed by atoms with Gasteiger partial charge in [0.25, 0.3) is 0 Å². The lowest BCUT2D eigenvalue weighted by Gasteiger charge is -2.05. The van der Waals surface area contributed by atoms with E-state index >= 15 is 0 Å². The van der Waals surface area contributed by atoms with Crippen molar-refractivity contribution in [3.8, 4) is 11.1 Å². The van der Waals surface area contributed by atoms with Gasteiger partial charge in [-0.3, -0.25) is 0 Å². The van der Waals surface area contributed by atoms with E-state index in [1.165, 1.54) is 5.56 Å². The Balaban J connectivity index is 2.42. The number of anilines is 1. The molecule has 3 heteroatoms. The number of aryl methyl sites for hydroxylation is 2. The minimum atomic E-state index is 0.539. The first-order valence-electron chi connectivity index (χ1n) is 5.39. The van der Waals surface area contributed by atoms with Crippen LogP contribution in [0.3, 0.4) is 0 Å². The molecule has 0 aliphatic heterocycles. The average molecular weight is 213 g/mol. The van der Waals surface area contributed by atoms with Crippen molar-refractivity contribution >= 4 is 5.82 Å². The molecular weight excluding hydrogens is 198 g/mol. The summed E-state index contributed by atoms with van der Waals surface area (Å²) in [6, 6.07) is 8.33. The number of hydrogen-bond donors (Lipinski definition) is 1. The van der Waals surface area contributed by atoms with E-state index in [0.29, 0.717) is 11.6 Å². The molecule has 0 saturated heterocycles. The van der Waals surface area contributed by atoms with E-state index in [1.54, 1.807) is 6.20 Å². The Labute approximate surface area is 95.4 Å². The van der Waals surface area contributed by atoms with E-state index in [-0.39, 0.29) is 0 Å². The molecule has 1 aromatic carbocycles. The minimum absolute atomic E-state index is 0.539. The van der Waals surface area contributed by atoms with Gasteiger partial charge in [0, 0.05) is 11.8 Å². The lowest BCUT2D eigenvalue weighted by molar-refractivity contribution is 1.06. The van der Waals surface area contributed by atoms with Crippen molar-refractivity contribution in [2.75, 3.05) is 5.73 Å². The lowest BCUT2D eigenvalue weighted by atomic mass is 10.0. The lowest BCUT2D eigenvalue weighted by Crippen LogP contribution is -1.98. The van der Waals surface area contributed by atoms with Crippen molar-refractivity contribution in [1.29, 1.82) is 0 Å². The maximum absolute atomic E-state index is 5.87. The molecule has 2 rings (SSSR count). The van der Waals surface area contributed by atoms with Gasteiger partial charge in [-0.2, -0.15) is 0 Å². The summed E-state index contributed by atoms with van der Waals surface area (Å²) in [7, 11) is 0. The van der Waals surface area contributed by atoms with Crippen molar-refractivity contribution in [1.82, 2.24) is 9.97 Å². The van der Waals surface area contributed by atoms with Crippen LogP contribution >= 0.6 is 0 Å². The van der Waals surface area contributed by atoms with Gasteiger partial charge in [0.15, 0.2) is 0 Å². The predicted molar refractivity (Wildman–Crippen MR) is 66.0 cm³/mol. The Bertz CT molecular complexity index is 489. The molecule has 0 fully saturated rings. The van der Waals surface area contributed by atoms with Gasteiger partial charge in [0.05, 0.1) is 0 Å². The van der Waals surface area contributed by atoms with Crippen molar-refractivity contribution in [3.63, 3.8) is 0 Å². The van der Waals surface area contributed by atoms with Gasteiger partial charge < -0.3 is 5.73 Å². The molecule has 0 spiro atoms. The molecule has 2 aromatic rings. The quantitative estimate of drug-likeness (QED) is 0.834. The molecule has 0 bridgehead atoms. The zero-order valence-corrected chi connectivity index (χ0v) is 9.57. The summed E-state index contributed by atoms with van der Waals surface area (Å²) in [4.78, 5) is 8.33. The molecule has 0 saturated carbocycles. The smallest absolute Gasteiger partial charge is 0.135 e. The van der Waals surface area contributed by atoms with Crippen LogP contribution in [-0.4, -0.2) is 9.97 Å². The molecule has 16 heavy (non-hydrogen) atoms. The molecule has 0 aliphatic carbocycles. The normalized spacial score (nSPS) is 10.4. The molecule has 82 valence electrons. The first-order chi connectivity index (χ1) is 7.70. The van der Waals surface area contributed by atoms with E-state index in [0.717, 1.165) is 17.5 Å². The third-order valence-electron chi connectivity index (χ3n) is 2.61. The zero-order chi connectivity index (χ0) is 11.5. The minimum Gasteiger partial charge on any atom is -0.383 e. The molecule has 3 nitrogen and oxygen atoms in total. The van der Waals surface area contributed by atoms with Gasteiger partial charge in [0.1, 0.15) is 11.6 Å². The molecule has 0 unspecified atom stereocenters. The SMILES string of the molecule is CCc1ccc(-c2cnc(C)nc2N)cc1. The predicted octanol–water partition coefficient (Wildman–Crippen LogP) is 2.60. The van der Waals surface area contributed by atoms with Crippen LogP contribution in [0.1, 0.15) is 18.3 Å². The summed E-state index contributed by atoms with van der Waals surface area (Å²) in [5.74, 6) is 1.24. The number of benzene rings is 1. The van der Waals surface area contributed by atoms with Gasteiger partial charge in [-0.1, -0.05) is 31.2 Å². The number of nitrogens with two attached hydrogens (primary N) is 1. The van der Waals surface area contributed by atoms with Gasteiger partial charge >= 0.3 is 0 Å². The maximum atomic E-state index is 5.87. The molecule has 0 aliphatic rings. The van der Waals surface area contributed by atoms with Crippen molar-refractivity contribution in [2.45, 2.75) is 20.3 Å². The Hall–Kier alpha value is -1.90. The third kappa shape index (κ3) is 2.03. The number of nitrogens with zero attached hydrogens (tertiary/aromatic N) is 2. The Morgan fingerprint density at radius 3 is 2.44 bits per heavy atom. The van der Waals surface area contributed by atoms with Crippen LogP contribution in [0, 0.1) is 6.92 Å². The molecular formula is C13H15N3. The topological polar surface area (TPSA) is 51.8 Å². The first kappa shape index (κ1) is 10.6. The van der Waals surface area contributed by atoms with E-state index in [9.17, 15) is 0 Å². The maximum Gasteiger partial charge on any atom is 0.135 e. The fraction of sp³-hybridized carbons (Fsp3) is 0.231. The highest BCUT2D eigenvalue weighted by molar-refractivity contribution is 5.72. The van der Waals surface area contributed by atoms with E-state index in [2.05, 4.69) is 41.2 Å². The number of hydrogen-bond acceptors (Lipinski definition) is 3. The third-order valence-corrected chi connectivity index (χ3v) is 2.61. The van der Waals surface area contributed by atoms with Crippen LogP contribution < -0.4 is 5.73 Å². The second kappa shape index (κ2) is 4.31. The van der Waals surface area contributed by atoms with E-state index < -0.39 is 0 Å². The molecule has 0 radical (unpaired) electrons. The summed E-state index contributed by atoms with van der Waals surface area (Å²) in [6.07, 6.45) is 2.82. The Kier molecular flexibility index (Phi) is 2.86. The zero-order valence-electron chi connectivity index (χ0n) is 9.57. The van der Waals surface area contributed by atoms with E-state index in [1.807, 2.05) is 6.92 Å². The number of nitrogen functional groups attached to an aromatic ring is 1. The van der Waals surface area contributed by atoms with Gasteiger partial charge in [-0.15, -0.1) is 0 Å². The first-order valence-corrected chi connectivity index (χ1v) is 5.39. The summed E-state index contributed by atoms with van der Waals surface area (Å²) in [6.45, 7) is 3.97. The molecule has 1 aromatic heterocycles. The van der Waals surface area contributed by atoms with Crippen LogP contribution in [0.4, 0.5) is 5.82 Å². The fourth-order valence-electron chi connectivity index (χ4n) is 1.63. The van der Waals surface area contributed by atoms with Crippen molar-refractivity contribution in [3.05, 3.63) is 41.9 Å². The molecule has 2 N–H and O–H groups in total. The van der Waals surface area contributed by atoms with Crippen LogP contribution in [0.15, 0.2) is 30.5 Å². The Morgan fingerprint density at radius 2 is 1.88 bits per heavy atom. The van der Waals surface area contributed by atoms with Crippen LogP contribution in [0.5, 0.6) is 0 Å². The second-order valence-corrected chi connectivity index (χ2v) is 3.77. The number of aromatic nitrogens is 2. The summed E-state index contributed by atoms with van der Waals surface area (Å²) in [5.41, 5.74) is 9.15. The average Bonchev–Trinajstić information content (AvgIpc) is 2.29. The Morgan fingerprint density at radius 1 is 1.19 bits per heavy atom. The molecule has 0 atom stereocenters. The van der Waals surface area contributed by atoms with E-state index in [4.69, 9.17) is 5.73 Å². The highest BCUT2D eigenvalue weighted by atomic mass is 14.9. The van der Waals surface area contributed by atoms with Crippen LogP contribution in [-0.2, 0) is 6.42 Å². The molecule has 1 heterocycles. The monoisotopic (exact) mass is 213 g/mol. The largest absolute Gasteiger partial charge is 0.383 e. The second-order valence-electron chi connectivity index (χ2n) is 3.77. The number of rotatable bonds is 2. The molecule has 0 amide bonds. The van der Waals surface area contributed by atoms with Gasteiger partial charge in [-0.05, 0) is 24.5 Å². The van der Waals surface area contributed by atoms with Gasteiger partial charge in [0.2, 0.25) is 0 Å². The fourth-order valence-corrected chi connectivity index (χ4v) is 1.63. The highest BCUT2D eigenvalue weighted by Crippen LogP contribution is 2.23. The highest BCUT2D eigenvalue weighted by Gasteiger charge is 2.04. The summed E-state index contributed by atoms with van der Waals surface area (Å²) in [5, 5.41) is 0.